The summed E-state index contributed by atoms with van der Waals surface area (Å²) in [4.78, 5) is 27.6. The molecule has 2 aliphatic rings. The first-order valence-electron chi connectivity index (χ1n) is 8.95. The minimum absolute atomic E-state index is 0.0372. The molecule has 2 aliphatic heterocycles. The number of nitrogens with one attached hydrogen (secondary N) is 1. The highest BCUT2D eigenvalue weighted by atomic mass is 16.6. The molecule has 2 atom stereocenters. The maximum atomic E-state index is 12.7. The number of aryl methyl sites for hydroxylation is 1. The lowest BCUT2D eigenvalue weighted by molar-refractivity contribution is -0.384. The normalized spacial score (nSPS) is 23.6. The Morgan fingerprint density at radius 3 is 2.64 bits per heavy atom. The number of nitro groups is 1. The molecule has 0 saturated carbocycles. The molecule has 7 heteroatoms. The lowest BCUT2D eigenvalue weighted by Gasteiger charge is -2.32. The highest BCUT2D eigenvalue weighted by Crippen LogP contribution is 2.32. The predicted octanol–water partition coefficient (Wildman–Crippen LogP) is 3.38. The molecular weight excluding hydrogens is 320 g/mol. The van der Waals surface area contributed by atoms with E-state index in [4.69, 9.17) is 0 Å². The molecule has 1 aromatic rings. The van der Waals surface area contributed by atoms with Crippen molar-refractivity contribution < 1.29 is 9.72 Å². The topological polar surface area (TPSA) is 78.7 Å². The second-order valence-corrected chi connectivity index (χ2v) is 7.35. The zero-order valence-corrected chi connectivity index (χ0v) is 15.1. The zero-order valence-electron chi connectivity index (χ0n) is 15.1. The van der Waals surface area contributed by atoms with Crippen molar-refractivity contribution in [3.05, 3.63) is 33.9 Å². The van der Waals surface area contributed by atoms with Gasteiger partial charge in [-0.1, -0.05) is 0 Å². The van der Waals surface area contributed by atoms with E-state index in [0.29, 0.717) is 29.4 Å². The molecule has 2 amide bonds. The Morgan fingerprint density at radius 2 is 2.00 bits per heavy atom. The number of urea groups is 1. The number of hydrogen-bond donors (Lipinski definition) is 1. The number of carbonyl (C=O) groups is 1. The van der Waals surface area contributed by atoms with Gasteiger partial charge >= 0.3 is 6.03 Å². The number of likely N-dealkylation sites (tertiary alicyclic amines) is 1. The Bertz CT molecular complexity index is 676. The van der Waals surface area contributed by atoms with Crippen molar-refractivity contribution in [3.8, 4) is 0 Å². The van der Waals surface area contributed by atoms with Gasteiger partial charge in [-0.05, 0) is 51.7 Å². The number of amides is 2. The van der Waals surface area contributed by atoms with Crippen LogP contribution in [0.5, 0.6) is 0 Å². The Morgan fingerprint density at radius 1 is 1.28 bits per heavy atom. The van der Waals surface area contributed by atoms with Crippen molar-refractivity contribution in [1.82, 2.24) is 9.80 Å². The first kappa shape index (κ1) is 17.7. The molecule has 1 N–H and O–H groups in total. The first-order valence-corrected chi connectivity index (χ1v) is 8.95. The summed E-state index contributed by atoms with van der Waals surface area (Å²) in [6.07, 6.45) is 3.37. The number of anilines is 1. The monoisotopic (exact) mass is 346 g/mol. The van der Waals surface area contributed by atoms with Crippen LogP contribution in [0.4, 0.5) is 16.2 Å². The van der Waals surface area contributed by atoms with E-state index in [1.54, 1.807) is 13.0 Å². The Balaban J connectivity index is 1.69. The average molecular weight is 346 g/mol. The van der Waals surface area contributed by atoms with Crippen LogP contribution in [-0.4, -0.2) is 52.0 Å². The summed E-state index contributed by atoms with van der Waals surface area (Å²) < 4.78 is 0. The van der Waals surface area contributed by atoms with Gasteiger partial charge in [0.05, 0.1) is 4.92 Å². The molecule has 2 heterocycles. The van der Waals surface area contributed by atoms with Crippen LogP contribution in [0.2, 0.25) is 0 Å². The van der Waals surface area contributed by atoms with Crippen LogP contribution in [0, 0.1) is 17.0 Å². The Kier molecular flexibility index (Phi) is 4.94. The summed E-state index contributed by atoms with van der Waals surface area (Å²) in [5.41, 5.74) is 1.36. The minimum atomic E-state index is -0.426. The van der Waals surface area contributed by atoms with Crippen molar-refractivity contribution in [2.24, 2.45) is 0 Å². The quantitative estimate of drug-likeness (QED) is 0.672. The van der Waals surface area contributed by atoms with E-state index in [1.807, 2.05) is 4.90 Å². The van der Waals surface area contributed by atoms with Gasteiger partial charge in [0.25, 0.3) is 5.69 Å². The van der Waals surface area contributed by atoms with Gasteiger partial charge < -0.3 is 10.2 Å². The van der Waals surface area contributed by atoms with Gasteiger partial charge in [-0.2, -0.15) is 0 Å². The number of nitrogens with zero attached hydrogens (tertiary/aromatic N) is 3. The largest absolute Gasteiger partial charge is 0.323 e. The molecule has 1 aromatic carbocycles. The third kappa shape index (κ3) is 3.61. The van der Waals surface area contributed by atoms with Crippen LogP contribution < -0.4 is 5.32 Å². The smallest absolute Gasteiger partial charge is 0.321 e. The molecule has 2 fully saturated rings. The number of carbonyl (C=O) groups excluding carboxylic acids is 1. The number of nitro benzene ring substituents is 1. The summed E-state index contributed by atoms with van der Waals surface area (Å²) in [7, 11) is 0. The molecule has 0 unspecified atom stereocenters. The molecule has 0 aliphatic carbocycles. The van der Waals surface area contributed by atoms with Crippen molar-refractivity contribution >= 4 is 17.4 Å². The fourth-order valence-corrected chi connectivity index (χ4v) is 4.23. The molecular formula is C18H26N4O3. The molecule has 2 saturated heterocycles. The van der Waals surface area contributed by atoms with E-state index >= 15 is 0 Å². The van der Waals surface area contributed by atoms with Gasteiger partial charge in [-0.25, -0.2) is 4.79 Å². The standard InChI is InChI=1S/C18H26N4O3/c1-12(2)21-14-4-5-16(21)11-20(9-8-14)18(23)19-17-7-6-15(22(24)25)10-13(17)3/h6-7,10,12,14,16H,4-5,8-9,11H2,1-3H3,(H,19,23)/t14-,16+/m1/s1. The van der Waals surface area contributed by atoms with Crippen molar-refractivity contribution in [2.75, 3.05) is 18.4 Å². The van der Waals surface area contributed by atoms with Crippen LogP contribution in [0.1, 0.15) is 38.7 Å². The Hall–Kier alpha value is -2.15. The van der Waals surface area contributed by atoms with Gasteiger partial charge in [0.15, 0.2) is 0 Å². The highest BCUT2D eigenvalue weighted by Gasteiger charge is 2.39. The maximum Gasteiger partial charge on any atom is 0.321 e. The second-order valence-electron chi connectivity index (χ2n) is 7.35. The number of fused-ring (bicyclic) bond motifs is 2. The molecule has 3 rings (SSSR count). The zero-order chi connectivity index (χ0) is 18.1. The van der Waals surface area contributed by atoms with Gasteiger partial charge in [0.1, 0.15) is 0 Å². The van der Waals surface area contributed by atoms with Crippen LogP contribution in [-0.2, 0) is 0 Å². The number of benzene rings is 1. The van der Waals surface area contributed by atoms with E-state index in [1.165, 1.54) is 18.6 Å². The van der Waals surface area contributed by atoms with Crippen LogP contribution >= 0.6 is 0 Å². The van der Waals surface area contributed by atoms with E-state index in [9.17, 15) is 14.9 Å². The molecule has 0 spiro atoms. The molecule has 7 nitrogen and oxygen atoms in total. The van der Waals surface area contributed by atoms with Crippen LogP contribution in [0.25, 0.3) is 0 Å². The van der Waals surface area contributed by atoms with E-state index in [0.717, 1.165) is 25.9 Å². The van der Waals surface area contributed by atoms with E-state index in [2.05, 4.69) is 24.1 Å². The molecule has 2 bridgehead atoms. The average Bonchev–Trinajstić information content (AvgIpc) is 2.83. The molecule has 0 aromatic heterocycles. The van der Waals surface area contributed by atoms with Gasteiger partial charge in [-0.15, -0.1) is 0 Å². The maximum absolute atomic E-state index is 12.7. The highest BCUT2D eigenvalue weighted by molar-refractivity contribution is 5.90. The summed E-state index contributed by atoms with van der Waals surface area (Å²) in [5.74, 6) is 0. The van der Waals surface area contributed by atoms with E-state index in [-0.39, 0.29) is 11.7 Å². The Labute approximate surface area is 148 Å². The fourth-order valence-electron chi connectivity index (χ4n) is 4.23. The van der Waals surface area contributed by atoms with Gasteiger partial charge in [-0.3, -0.25) is 15.0 Å². The summed E-state index contributed by atoms with van der Waals surface area (Å²) in [6, 6.07) is 5.90. The van der Waals surface area contributed by atoms with Crippen molar-refractivity contribution in [3.63, 3.8) is 0 Å². The second kappa shape index (κ2) is 7.00. The predicted molar refractivity (Wildman–Crippen MR) is 96.8 cm³/mol. The molecule has 0 radical (unpaired) electrons. The van der Waals surface area contributed by atoms with Crippen LogP contribution in [0.15, 0.2) is 18.2 Å². The van der Waals surface area contributed by atoms with Crippen LogP contribution in [0.3, 0.4) is 0 Å². The number of non-ortho nitro benzene ring substituents is 1. The third-order valence-corrected chi connectivity index (χ3v) is 5.39. The number of rotatable bonds is 3. The molecule has 136 valence electrons. The summed E-state index contributed by atoms with van der Waals surface area (Å²) >= 11 is 0. The lowest BCUT2D eigenvalue weighted by Crippen LogP contribution is -2.45. The summed E-state index contributed by atoms with van der Waals surface area (Å²) in [5, 5.41) is 13.8. The summed E-state index contributed by atoms with van der Waals surface area (Å²) in [6.45, 7) is 7.71. The third-order valence-electron chi connectivity index (χ3n) is 5.39. The van der Waals surface area contributed by atoms with E-state index < -0.39 is 4.92 Å². The lowest BCUT2D eigenvalue weighted by atomic mass is 10.1. The minimum Gasteiger partial charge on any atom is -0.323 e. The van der Waals surface area contributed by atoms with Gasteiger partial charge in [0, 0.05) is 49.0 Å². The van der Waals surface area contributed by atoms with Crippen molar-refractivity contribution in [2.45, 2.75) is 58.2 Å². The SMILES string of the molecule is Cc1cc([N+](=O)[O-])ccc1NC(=O)N1CC[C@H]2CC[C@@H](C1)N2C(C)C. The fraction of sp³-hybridized carbons (Fsp3) is 0.611. The number of hydrogen-bond acceptors (Lipinski definition) is 4. The molecule has 25 heavy (non-hydrogen) atoms. The van der Waals surface area contributed by atoms with Gasteiger partial charge in [0.2, 0.25) is 0 Å². The first-order chi connectivity index (χ1) is 11.9. The van der Waals surface area contributed by atoms with Crippen molar-refractivity contribution in [1.29, 1.82) is 0 Å².